The molecule has 0 fully saturated rings. The first-order valence-corrected chi connectivity index (χ1v) is 11.6. The summed E-state index contributed by atoms with van der Waals surface area (Å²) in [7, 11) is -3.80. The monoisotopic (exact) mass is 440 g/mol. The van der Waals surface area contributed by atoms with Crippen LogP contribution >= 0.6 is 11.3 Å². The van der Waals surface area contributed by atoms with Crippen molar-refractivity contribution in [3.05, 3.63) is 77.1 Å². The second-order valence-electron chi connectivity index (χ2n) is 7.01. The molecular weight excluding hydrogens is 420 g/mol. The summed E-state index contributed by atoms with van der Waals surface area (Å²) in [6, 6.07) is 12.0. The van der Waals surface area contributed by atoms with Gasteiger partial charge in [-0.05, 0) is 49.2 Å². The van der Waals surface area contributed by atoms with Crippen molar-refractivity contribution in [3.63, 3.8) is 0 Å². The molecule has 0 spiro atoms. The molecule has 0 saturated heterocycles. The standard InChI is InChI=1S/C21H20N4O3S2/c1-14-4-3-5-17(10-14)24-30(27,28)19-11-16(7-6-15(19)2)22-20(26)12-18-13-25-8-9-29-21(25)23-18/h3-11,13,24H,12H2,1-2H3,(H,22,26). The van der Waals surface area contributed by atoms with Gasteiger partial charge in [0.05, 0.1) is 17.0 Å². The second-order valence-corrected chi connectivity index (χ2v) is 9.53. The molecule has 0 atom stereocenters. The van der Waals surface area contributed by atoms with Gasteiger partial charge in [-0.25, -0.2) is 13.4 Å². The molecule has 9 heteroatoms. The Morgan fingerprint density at radius 3 is 2.73 bits per heavy atom. The van der Waals surface area contributed by atoms with E-state index in [1.807, 2.05) is 35.2 Å². The number of nitrogens with zero attached hydrogens (tertiary/aromatic N) is 2. The van der Waals surface area contributed by atoms with E-state index in [1.54, 1.807) is 37.3 Å². The van der Waals surface area contributed by atoms with Crippen LogP contribution in [0.15, 0.2) is 65.1 Å². The van der Waals surface area contributed by atoms with Crippen molar-refractivity contribution in [1.29, 1.82) is 0 Å². The SMILES string of the molecule is Cc1cccc(NS(=O)(=O)c2cc(NC(=O)Cc3cn4ccsc4n3)ccc2C)c1. The first-order valence-electron chi connectivity index (χ1n) is 9.21. The van der Waals surface area contributed by atoms with Crippen LogP contribution in [0.2, 0.25) is 0 Å². The van der Waals surface area contributed by atoms with Gasteiger partial charge in [0.2, 0.25) is 5.91 Å². The summed E-state index contributed by atoms with van der Waals surface area (Å²) < 4.78 is 30.3. The van der Waals surface area contributed by atoms with Gasteiger partial charge in [0.25, 0.3) is 10.0 Å². The Morgan fingerprint density at radius 2 is 1.97 bits per heavy atom. The number of hydrogen-bond acceptors (Lipinski definition) is 5. The predicted molar refractivity (Wildman–Crippen MR) is 119 cm³/mol. The summed E-state index contributed by atoms with van der Waals surface area (Å²) in [5.74, 6) is -0.264. The van der Waals surface area contributed by atoms with E-state index in [9.17, 15) is 13.2 Å². The van der Waals surface area contributed by atoms with Gasteiger partial charge < -0.3 is 5.32 Å². The lowest BCUT2D eigenvalue weighted by molar-refractivity contribution is -0.115. The largest absolute Gasteiger partial charge is 0.326 e. The Labute approximate surface area is 178 Å². The van der Waals surface area contributed by atoms with Gasteiger partial charge in [-0.1, -0.05) is 18.2 Å². The van der Waals surface area contributed by atoms with Crippen LogP contribution in [-0.4, -0.2) is 23.7 Å². The summed E-state index contributed by atoms with van der Waals surface area (Å²) in [6.07, 6.45) is 3.79. The highest BCUT2D eigenvalue weighted by molar-refractivity contribution is 7.92. The molecule has 154 valence electrons. The maximum Gasteiger partial charge on any atom is 0.262 e. The molecule has 4 aromatic rings. The molecule has 30 heavy (non-hydrogen) atoms. The third-order valence-corrected chi connectivity index (χ3v) is 6.81. The van der Waals surface area contributed by atoms with Crippen LogP contribution in [0, 0.1) is 13.8 Å². The van der Waals surface area contributed by atoms with Crippen LogP contribution in [0.25, 0.3) is 4.96 Å². The molecule has 2 heterocycles. The number of rotatable bonds is 6. The van der Waals surface area contributed by atoms with Crippen LogP contribution in [0.5, 0.6) is 0 Å². The minimum atomic E-state index is -3.80. The van der Waals surface area contributed by atoms with Crippen molar-refractivity contribution >= 4 is 43.6 Å². The maximum absolute atomic E-state index is 12.9. The number of aryl methyl sites for hydroxylation is 2. The number of amides is 1. The minimum Gasteiger partial charge on any atom is -0.326 e. The number of fused-ring (bicyclic) bond motifs is 1. The van der Waals surface area contributed by atoms with Crippen molar-refractivity contribution in [3.8, 4) is 0 Å². The zero-order valence-corrected chi connectivity index (χ0v) is 18.0. The molecule has 7 nitrogen and oxygen atoms in total. The molecule has 0 unspecified atom stereocenters. The molecular formula is C21H20N4O3S2. The van der Waals surface area contributed by atoms with E-state index in [0.717, 1.165) is 10.5 Å². The Hall–Kier alpha value is -3.17. The van der Waals surface area contributed by atoms with Gasteiger partial charge in [-0.2, -0.15) is 0 Å². The fourth-order valence-electron chi connectivity index (χ4n) is 3.12. The van der Waals surface area contributed by atoms with Crippen molar-refractivity contribution in [2.75, 3.05) is 10.0 Å². The molecule has 0 aliphatic carbocycles. The fourth-order valence-corrected chi connectivity index (χ4v) is 5.16. The number of nitrogens with one attached hydrogen (secondary N) is 2. The predicted octanol–water partition coefficient (Wildman–Crippen LogP) is 3.99. The maximum atomic E-state index is 12.9. The first-order chi connectivity index (χ1) is 14.3. The van der Waals surface area contributed by atoms with Gasteiger partial charge >= 0.3 is 0 Å². The van der Waals surface area contributed by atoms with E-state index < -0.39 is 10.0 Å². The molecule has 0 bridgehead atoms. The second kappa shape index (κ2) is 7.92. The Kier molecular flexibility index (Phi) is 5.31. The number of carbonyl (C=O) groups is 1. The number of carbonyl (C=O) groups excluding carboxylic acids is 1. The van der Waals surface area contributed by atoms with Crippen LogP contribution in [0.1, 0.15) is 16.8 Å². The number of imidazole rings is 1. The minimum absolute atomic E-state index is 0.103. The van der Waals surface area contributed by atoms with Crippen molar-refractivity contribution in [2.24, 2.45) is 0 Å². The van der Waals surface area contributed by atoms with E-state index in [0.29, 0.717) is 22.6 Å². The molecule has 2 aromatic carbocycles. The summed E-state index contributed by atoms with van der Waals surface area (Å²) in [4.78, 5) is 17.8. The molecule has 2 N–H and O–H groups in total. The summed E-state index contributed by atoms with van der Waals surface area (Å²) in [6.45, 7) is 3.61. The highest BCUT2D eigenvalue weighted by Gasteiger charge is 2.18. The Balaban J connectivity index is 1.51. The number of aromatic nitrogens is 2. The van der Waals surface area contributed by atoms with Crippen molar-refractivity contribution in [2.45, 2.75) is 25.2 Å². The number of hydrogen-bond donors (Lipinski definition) is 2. The lowest BCUT2D eigenvalue weighted by atomic mass is 10.2. The summed E-state index contributed by atoms with van der Waals surface area (Å²) in [5.41, 5.74) is 3.09. The molecule has 0 aliphatic rings. The van der Waals surface area contributed by atoms with Crippen LogP contribution in [-0.2, 0) is 21.2 Å². The van der Waals surface area contributed by atoms with E-state index >= 15 is 0 Å². The van der Waals surface area contributed by atoms with Gasteiger partial charge in [0.15, 0.2) is 4.96 Å². The quantitative estimate of drug-likeness (QED) is 0.474. The Morgan fingerprint density at radius 1 is 1.13 bits per heavy atom. The lowest BCUT2D eigenvalue weighted by Gasteiger charge is -2.13. The van der Waals surface area contributed by atoms with Crippen LogP contribution in [0.3, 0.4) is 0 Å². The van der Waals surface area contributed by atoms with Crippen molar-refractivity contribution < 1.29 is 13.2 Å². The third kappa shape index (κ3) is 4.37. The molecule has 0 saturated carbocycles. The number of benzene rings is 2. The van der Waals surface area contributed by atoms with E-state index in [2.05, 4.69) is 15.0 Å². The third-order valence-electron chi connectivity index (χ3n) is 4.52. The zero-order valence-electron chi connectivity index (χ0n) is 16.4. The highest BCUT2D eigenvalue weighted by Crippen LogP contribution is 2.23. The fraction of sp³-hybridized carbons (Fsp3) is 0.143. The van der Waals surface area contributed by atoms with E-state index in [4.69, 9.17) is 0 Å². The molecule has 1 amide bonds. The van der Waals surface area contributed by atoms with Gasteiger partial charge in [-0.3, -0.25) is 13.9 Å². The van der Waals surface area contributed by atoms with Crippen LogP contribution in [0.4, 0.5) is 11.4 Å². The normalized spacial score (nSPS) is 11.5. The number of anilines is 2. The smallest absolute Gasteiger partial charge is 0.262 e. The van der Waals surface area contributed by atoms with Crippen molar-refractivity contribution in [1.82, 2.24) is 9.38 Å². The summed E-state index contributed by atoms with van der Waals surface area (Å²) in [5, 5.41) is 4.68. The first kappa shape index (κ1) is 20.1. The Bertz CT molecular complexity index is 1310. The molecule has 2 aromatic heterocycles. The van der Waals surface area contributed by atoms with Gasteiger partial charge in [0, 0.05) is 29.1 Å². The van der Waals surface area contributed by atoms with Crippen LogP contribution < -0.4 is 10.0 Å². The zero-order chi connectivity index (χ0) is 21.3. The average Bonchev–Trinajstić information content (AvgIpc) is 3.24. The molecule has 0 radical (unpaired) electrons. The van der Waals surface area contributed by atoms with Gasteiger partial charge in [-0.15, -0.1) is 11.3 Å². The molecule has 0 aliphatic heterocycles. The molecule has 4 rings (SSSR count). The highest BCUT2D eigenvalue weighted by atomic mass is 32.2. The number of thiazole rings is 1. The van der Waals surface area contributed by atoms with E-state index in [-0.39, 0.29) is 17.2 Å². The topological polar surface area (TPSA) is 92.6 Å². The average molecular weight is 441 g/mol. The van der Waals surface area contributed by atoms with Gasteiger partial charge in [0.1, 0.15) is 0 Å². The van der Waals surface area contributed by atoms with E-state index in [1.165, 1.54) is 17.4 Å². The number of sulfonamides is 1. The summed E-state index contributed by atoms with van der Waals surface area (Å²) >= 11 is 1.49. The lowest BCUT2D eigenvalue weighted by Crippen LogP contribution is -2.17.